The molecule has 0 radical (unpaired) electrons. The molecule has 21 heavy (non-hydrogen) atoms. The van der Waals surface area contributed by atoms with Gasteiger partial charge in [-0.05, 0) is 48.7 Å². The number of fused-ring (bicyclic) bond motifs is 1. The average molecular weight is 278 g/mol. The number of rotatable bonds is 2. The third kappa shape index (κ3) is 2.44. The minimum Gasteiger partial charge on any atom is -0.383 e. The highest BCUT2D eigenvalue weighted by Crippen LogP contribution is 2.38. The van der Waals surface area contributed by atoms with Gasteiger partial charge in [0.25, 0.3) is 0 Å². The molecule has 1 heterocycles. The second-order valence-electron chi connectivity index (χ2n) is 5.67. The maximum atomic E-state index is 11.1. The van der Waals surface area contributed by atoms with E-state index in [1.54, 1.807) is 12.1 Å². The molecule has 0 aliphatic carbocycles. The van der Waals surface area contributed by atoms with E-state index in [4.69, 9.17) is 5.26 Å². The van der Waals surface area contributed by atoms with Crippen molar-refractivity contribution in [1.82, 2.24) is 5.32 Å². The molecule has 0 aromatic heterocycles. The summed E-state index contributed by atoms with van der Waals surface area (Å²) in [6.07, 6.45) is 0.982. The lowest BCUT2D eigenvalue weighted by Crippen LogP contribution is -2.43. The summed E-state index contributed by atoms with van der Waals surface area (Å²) in [6, 6.07) is 17.4. The van der Waals surface area contributed by atoms with Gasteiger partial charge in [-0.3, -0.25) is 0 Å². The minimum absolute atomic E-state index is 0.143. The van der Waals surface area contributed by atoms with Gasteiger partial charge in [-0.25, -0.2) is 0 Å². The zero-order valence-corrected chi connectivity index (χ0v) is 12.0. The van der Waals surface area contributed by atoms with Crippen LogP contribution < -0.4 is 5.32 Å². The van der Waals surface area contributed by atoms with Gasteiger partial charge in [0.05, 0.1) is 17.7 Å². The highest BCUT2D eigenvalue weighted by Gasteiger charge is 2.37. The lowest BCUT2D eigenvalue weighted by molar-refractivity contribution is 0.0118. The van der Waals surface area contributed by atoms with E-state index in [-0.39, 0.29) is 6.04 Å². The van der Waals surface area contributed by atoms with Gasteiger partial charge in [-0.15, -0.1) is 0 Å². The van der Waals surface area contributed by atoms with Gasteiger partial charge < -0.3 is 10.4 Å². The molecule has 0 saturated carbocycles. The Balaban J connectivity index is 2.00. The van der Waals surface area contributed by atoms with Gasteiger partial charge in [0.15, 0.2) is 0 Å². The molecule has 2 atom stereocenters. The van der Waals surface area contributed by atoms with Gasteiger partial charge in [0.1, 0.15) is 5.60 Å². The number of nitrogens with zero attached hydrogens (tertiary/aromatic N) is 1. The Labute approximate surface area is 124 Å². The lowest BCUT2D eigenvalue weighted by Gasteiger charge is -2.38. The molecule has 2 aromatic carbocycles. The van der Waals surface area contributed by atoms with E-state index in [2.05, 4.69) is 23.5 Å². The zero-order chi connectivity index (χ0) is 14.9. The first kappa shape index (κ1) is 13.8. The Hall–Kier alpha value is -2.15. The van der Waals surface area contributed by atoms with Crippen LogP contribution in [0.25, 0.3) is 0 Å². The molecule has 0 saturated heterocycles. The first-order chi connectivity index (χ1) is 10.1. The van der Waals surface area contributed by atoms with Crippen molar-refractivity contribution in [2.45, 2.75) is 25.0 Å². The fourth-order valence-electron chi connectivity index (χ4n) is 3.06. The van der Waals surface area contributed by atoms with Crippen molar-refractivity contribution in [3.63, 3.8) is 0 Å². The van der Waals surface area contributed by atoms with E-state index in [1.807, 2.05) is 31.2 Å². The predicted octanol–water partition coefficient (Wildman–Crippen LogP) is 2.65. The normalized spacial score (nSPS) is 20.1. The Morgan fingerprint density at radius 2 is 1.90 bits per heavy atom. The molecule has 3 rings (SSSR count). The van der Waals surface area contributed by atoms with E-state index < -0.39 is 5.60 Å². The summed E-state index contributed by atoms with van der Waals surface area (Å²) in [7, 11) is 0. The Kier molecular flexibility index (Phi) is 3.50. The van der Waals surface area contributed by atoms with Crippen molar-refractivity contribution in [3.05, 3.63) is 70.8 Å². The number of hydrogen-bond acceptors (Lipinski definition) is 3. The second kappa shape index (κ2) is 5.33. The SMILES string of the molecule is CC(O)(c1ccc(C#N)cc1)C1NCCc2ccccc21. The summed E-state index contributed by atoms with van der Waals surface area (Å²) < 4.78 is 0. The van der Waals surface area contributed by atoms with E-state index in [9.17, 15) is 5.11 Å². The van der Waals surface area contributed by atoms with Crippen LogP contribution in [0, 0.1) is 11.3 Å². The van der Waals surface area contributed by atoms with Crippen molar-refractivity contribution in [2.24, 2.45) is 0 Å². The van der Waals surface area contributed by atoms with Gasteiger partial charge in [-0.2, -0.15) is 5.26 Å². The van der Waals surface area contributed by atoms with E-state index in [0.717, 1.165) is 24.1 Å². The third-order valence-corrected chi connectivity index (χ3v) is 4.27. The Bertz CT molecular complexity index is 683. The highest BCUT2D eigenvalue weighted by atomic mass is 16.3. The zero-order valence-electron chi connectivity index (χ0n) is 12.0. The lowest BCUT2D eigenvalue weighted by atomic mass is 9.80. The first-order valence-electron chi connectivity index (χ1n) is 7.17. The van der Waals surface area contributed by atoms with Crippen LogP contribution >= 0.6 is 0 Å². The van der Waals surface area contributed by atoms with Crippen LogP contribution in [0.15, 0.2) is 48.5 Å². The summed E-state index contributed by atoms with van der Waals surface area (Å²) in [5, 5.41) is 23.4. The monoisotopic (exact) mass is 278 g/mol. The van der Waals surface area contributed by atoms with E-state index in [1.165, 1.54) is 5.56 Å². The molecular formula is C18H18N2O. The van der Waals surface area contributed by atoms with Crippen LogP contribution in [0.3, 0.4) is 0 Å². The standard InChI is InChI=1S/C18H18N2O/c1-18(21,15-8-6-13(12-19)7-9-15)17-16-5-3-2-4-14(16)10-11-20-17/h2-9,17,20-21H,10-11H2,1H3. The number of hydrogen-bond donors (Lipinski definition) is 2. The molecule has 0 bridgehead atoms. The van der Waals surface area contributed by atoms with Crippen LogP contribution in [0.4, 0.5) is 0 Å². The molecule has 3 nitrogen and oxygen atoms in total. The first-order valence-corrected chi connectivity index (χ1v) is 7.17. The van der Waals surface area contributed by atoms with Crippen LogP contribution in [-0.2, 0) is 12.0 Å². The minimum atomic E-state index is -1.02. The maximum Gasteiger partial charge on any atom is 0.106 e. The molecule has 0 amide bonds. The topological polar surface area (TPSA) is 56.0 Å². The summed E-state index contributed by atoms with van der Waals surface area (Å²) in [6.45, 7) is 2.68. The predicted molar refractivity (Wildman–Crippen MR) is 81.6 cm³/mol. The van der Waals surface area contributed by atoms with Crippen LogP contribution in [0.2, 0.25) is 0 Å². The summed E-state index contributed by atoms with van der Waals surface area (Å²) in [4.78, 5) is 0. The van der Waals surface area contributed by atoms with Crippen molar-refractivity contribution < 1.29 is 5.11 Å². The van der Waals surface area contributed by atoms with Gasteiger partial charge in [0, 0.05) is 0 Å². The molecule has 0 fully saturated rings. The Morgan fingerprint density at radius 3 is 2.62 bits per heavy atom. The summed E-state index contributed by atoms with van der Waals surface area (Å²) in [5.74, 6) is 0. The van der Waals surface area contributed by atoms with Crippen molar-refractivity contribution in [3.8, 4) is 6.07 Å². The molecule has 0 spiro atoms. The molecule has 2 N–H and O–H groups in total. The summed E-state index contributed by atoms with van der Waals surface area (Å²) >= 11 is 0. The van der Waals surface area contributed by atoms with Crippen molar-refractivity contribution in [2.75, 3.05) is 6.54 Å². The Morgan fingerprint density at radius 1 is 1.19 bits per heavy atom. The second-order valence-corrected chi connectivity index (χ2v) is 5.67. The highest BCUT2D eigenvalue weighted by molar-refractivity contribution is 5.39. The van der Waals surface area contributed by atoms with E-state index in [0.29, 0.717) is 5.56 Å². The molecule has 1 aliphatic heterocycles. The largest absolute Gasteiger partial charge is 0.383 e. The van der Waals surface area contributed by atoms with Gasteiger partial charge in [0.2, 0.25) is 0 Å². The van der Waals surface area contributed by atoms with Crippen LogP contribution in [0.5, 0.6) is 0 Å². The number of aliphatic hydroxyl groups is 1. The fraction of sp³-hybridized carbons (Fsp3) is 0.278. The van der Waals surface area contributed by atoms with Crippen LogP contribution in [-0.4, -0.2) is 11.7 Å². The fourth-order valence-corrected chi connectivity index (χ4v) is 3.06. The maximum absolute atomic E-state index is 11.1. The average Bonchev–Trinajstić information content (AvgIpc) is 2.54. The van der Waals surface area contributed by atoms with Gasteiger partial charge >= 0.3 is 0 Å². The number of nitriles is 1. The quantitative estimate of drug-likeness (QED) is 0.888. The molecule has 2 aromatic rings. The number of benzene rings is 2. The molecular weight excluding hydrogens is 260 g/mol. The van der Waals surface area contributed by atoms with Crippen molar-refractivity contribution in [1.29, 1.82) is 5.26 Å². The molecule has 106 valence electrons. The molecule has 2 unspecified atom stereocenters. The molecule has 3 heteroatoms. The van der Waals surface area contributed by atoms with Crippen LogP contribution in [0.1, 0.15) is 35.2 Å². The van der Waals surface area contributed by atoms with E-state index >= 15 is 0 Å². The molecule has 1 aliphatic rings. The van der Waals surface area contributed by atoms with Crippen molar-refractivity contribution >= 4 is 0 Å². The smallest absolute Gasteiger partial charge is 0.106 e. The van der Waals surface area contributed by atoms with Gasteiger partial charge in [-0.1, -0.05) is 36.4 Å². The summed E-state index contributed by atoms with van der Waals surface area (Å²) in [5.41, 5.74) is 2.83. The number of nitrogens with one attached hydrogen (secondary N) is 1. The third-order valence-electron chi connectivity index (χ3n) is 4.27.